The minimum atomic E-state index is -0.698. The smallest absolute Gasteiger partial charge is 0.240 e. The number of fused-ring (bicyclic) bond motifs is 5. The lowest BCUT2D eigenvalue weighted by Gasteiger charge is -2.37. The van der Waals surface area contributed by atoms with Crippen molar-refractivity contribution in [3.05, 3.63) is 70.9 Å². The Morgan fingerprint density at radius 1 is 0.906 bits per heavy atom. The van der Waals surface area contributed by atoms with Crippen molar-refractivity contribution >= 4 is 29.4 Å². The average Bonchev–Trinajstić information content (AvgIpc) is 3.19. The zero-order valence-corrected chi connectivity index (χ0v) is 19.1. The highest BCUT2D eigenvalue weighted by Gasteiger charge is 2.65. The van der Waals surface area contributed by atoms with Crippen LogP contribution in [0.2, 0.25) is 0 Å². The second kappa shape index (κ2) is 6.89. The summed E-state index contributed by atoms with van der Waals surface area (Å²) in [4.78, 5) is 44.6. The number of imide groups is 1. The fourth-order valence-corrected chi connectivity index (χ4v) is 5.64. The van der Waals surface area contributed by atoms with Crippen LogP contribution in [0.1, 0.15) is 49.1 Å². The number of ketones is 1. The average molecular weight is 429 g/mol. The highest BCUT2D eigenvalue weighted by Crippen LogP contribution is 2.54. The van der Waals surface area contributed by atoms with Gasteiger partial charge in [0, 0.05) is 11.6 Å². The van der Waals surface area contributed by atoms with Crippen LogP contribution in [-0.2, 0) is 14.4 Å². The number of carbonyl (C=O) groups excluding carboxylic acids is 3. The van der Waals surface area contributed by atoms with Gasteiger partial charge in [-0.25, -0.2) is 4.90 Å². The molecule has 0 aromatic heterocycles. The number of nitrogens with zero attached hydrogens (tertiary/aromatic N) is 2. The number of aryl methyl sites for hydroxylation is 2. The summed E-state index contributed by atoms with van der Waals surface area (Å²) in [6, 6.07) is 12.7. The molecule has 2 aromatic carbocycles. The molecule has 2 saturated heterocycles. The minimum Gasteiger partial charge on any atom is -0.359 e. The van der Waals surface area contributed by atoms with Crippen molar-refractivity contribution in [1.29, 1.82) is 0 Å². The van der Waals surface area contributed by atoms with Crippen molar-refractivity contribution in [2.75, 3.05) is 4.90 Å². The summed E-state index contributed by atoms with van der Waals surface area (Å²) in [6.45, 7) is 9.54. The zero-order valence-electron chi connectivity index (χ0n) is 19.1. The number of benzene rings is 2. The molecule has 3 aliphatic rings. The number of hydrogen-bond acceptors (Lipinski definition) is 4. The van der Waals surface area contributed by atoms with Gasteiger partial charge in [0.1, 0.15) is 6.04 Å². The molecule has 2 amide bonds. The molecule has 5 heteroatoms. The Morgan fingerprint density at radius 2 is 1.53 bits per heavy atom. The first-order valence-corrected chi connectivity index (χ1v) is 11.1. The molecular formula is C27H28N2O3. The summed E-state index contributed by atoms with van der Waals surface area (Å²) >= 11 is 0. The van der Waals surface area contributed by atoms with Gasteiger partial charge in [0.05, 0.1) is 23.6 Å². The summed E-state index contributed by atoms with van der Waals surface area (Å²) in [5.41, 5.74) is 3.98. The van der Waals surface area contributed by atoms with E-state index < -0.39 is 23.3 Å². The number of rotatable bonds is 2. The highest BCUT2D eigenvalue weighted by atomic mass is 16.2. The molecule has 5 nitrogen and oxygen atoms in total. The number of hydrogen-bond donors (Lipinski definition) is 0. The first-order valence-electron chi connectivity index (χ1n) is 11.1. The molecule has 0 radical (unpaired) electrons. The fourth-order valence-electron chi connectivity index (χ4n) is 5.64. The van der Waals surface area contributed by atoms with Crippen molar-refractivity contribution in [3.63, 3.8) is 0 Å². The van der Waals surface area contributed by atoms with Crippen molar-refractivity contribution in [1.82, 2.24) is 4.90 Å². The van der Waals surface area contributed by atoms with E-state index in [1.54, 1.807) is 0 Å². The molecule has 0 saturated carbocycles. The summed E-state index contributed by atoms with van der Waals surface area (Å²) < 4.78 is 0. The van der Waals surface area contributed by atoms with Gasteiger partial charge >= 0.3 is 0 Å². The van der Waals surface area contributed by atoms with Crippen LogP contribution in [0.25, 0.3) is 6.08 Å². The molecule has 32 heavy (non-hydrogen) atoms. The van der Waals surface area contributed by atoms with E-state index in [-0.39, 0.29) is 23.6 Å². The Hall–Kier alpha value is -3.21. The predicted octanol–water partition coefficient (Wildman–Crippen LogP) is 4.43. The van der Waals surface area contributed by atoms with Crippen LogP contribution in [0.5, 0.6) is 0 Å². The molecule has 2 fully saturated rings. The molecule has 0 spiro atoms. The maximum atomic E-state index is 13.8. The summed E-state index contributed by atoms with van der Waals surface area (Å²) in [5, 5.41) is 0. The normalized spacial score (nSPS) is 26.3. The molecule has 164 valence electrons. The van der Waals surface area contributed by atoms with Crippen LogP contribution < -0.4 is 4.90 Å². The first kappa shape index (κ1) is 20.7. The van der Waals surface area contributed by atoms with Gasteiger partial charge in [-0.3, -0.25) is 14.4 Å². The number of anilines is 1. The summed E-state index contributed by atoms with van der Waals surface area (Å²) in [5.74, 6) is -1.79. The van der Waals surface area contributed by atoms with Crippen molar-refractivity contribution < 1.29 is 14.4 Å². The lowest BCUT2D eigenvalue weighted by molar-refractivity contribution is -0.135. The zero-order chi connectivity index (χ0) is 22.9. The van der Waals surface area contributed by atoms with E-state index in [1.807, 2.05) is 94.3 Å². The Morgan fingerprint density at radius 3 is 2.19 bits per heavy atom. The SMILES string of the molecule is Cc1cc(C)cc(N2C(=O)[C@@H]3[C@@H](C2=O)[C@H]2c4ccccc4C=CN2[C@@H]3C(=O)C(C)(C)C)c1. The van der Waals surface area contributed by atoms with E-state index in [9.17, 15) is 14.4 Å². The molecular weight excluding hydrogens is 400 g/mol. The van der Waals surface area contributed by atoms with Crippen LogP contribution in [0.3, 0.4) is 0 Å². The van der Waals surface area contributed by atoms with E-state index >= 15 is 0 Å². The molecule has 0 N–H and O–H groups in total. The minimum absolute atomic E-state index is 0.0116. The quantitative estimate of drug-likeness (QED) is 0.664. The predicted molar refractivity (Wildman–Crippen MR) is 124 cm³/mol. The van der Waals surface area contributed by atoms with Gasteiger partial charge in [-0.15, -0.1) is 0 Å². The second-order valence-corrected chi connectivity index (χ2v) is 10.3. The largest absolute Gasteiger partial charge is 0.359 e. The van der Waals surface area contributed by atoms with Gasteiger partial charge in [-0.2, -0.15) is 0 Å². The molecule has 2 aromatic rings. The van der Waals surface area contributed by atoms with E-state index in [0.29, 0.717) is 5.69 Å². The molecule has 5 rings (SSSR count). The number of Topliss-reactive ketones (excluding diaryl/α,β-unsaturated/α-hetero) is 1. The summed E-state index contributed by atoms with van der Waals surface area (Å²) in [7, 11) is 0. The first-order chi connectivity index (χ1) is 15.1. The Kier molecular flexibility index (Phi) is 4.45. The van der Waals surface area contributed by atoms with Gasteiger partial charge in [-0.1, -0.05) is 51.1 Å². The number of carbonyl (C=O) groups is 3. The van der Waals surface area contributed by atoms with Gasteiger partial charge in [0.15, 0.2) is 5.78 Å². The van der Waals surface area contributed by atoms with Crippen molar-refractivity contribution in [3.8, 4) is 0 Å². The van der Waals surface area contributed by atoms with Gasteiger partial charge < -0.3 is 4.90 Å². The number of amides is 2. The van der Waals surface area contributed by atoms with Crippen LogP contribution in [-0.4, -0.2) is 28.5 Å². The highest BCUT2D eigenvalue weighted by molar-refractivity contribution is 6.24. The summed E-state index contributed by atoms with van der Waals surface area (Å²) in [6.07, 6.45) is 3.88. The topological polar surface area (TPSA) is 57.7 Å². The standard InChI is InChI=1S/C27H28N2O3/c1-15-12-16(2)14-18(13-15)29-25(31)20-21(26(29)32)23(24(30)27(3,4)5)28-11-10-17-8-6-7-9-19(17)22(20)28/h6-14,20-23H,1-5H3/t20-,21-,22-,23+/m1/s1. The van der Waals surface area contributed by atoms with E-state index in [4.69, 9.17) is 0 Å². The third-order valence-corrected chi connectivity index (χ3v) is 6.93. The molecule has 3 heterocycles. The maximum absolute atomic E-state index is 13.8. The van der Waals surface area contributed by atoms with E-state index in [2.05, 4.69) is 0 Å². The van der Waals surface area contributed by atoms with Crippen LogP contribution in [0.15, 0.2) is 48.7 Å². The van der Waals surface area contributed by atoms with Crippen LogP contribution >= 0.6 is 0 Å². The van der Waals surface area contributed by atoms with E-state index in [0.717, 1.165) is 22.3 Å². The Labute approximate surface area is 188 Å². The maximum Gasteiger partial charge on any atom is 0.240 e. The molecule has 4 atom stereocenters. The van der Waals surface area contributed by atoms with Crippen molar-refractivity contribution in [2.24, 2.45) is 17.3 Å². The fraction of sp³-hybridized carbons (Fsp3) is 0.370. The van der Waals surface area contributed by atoms with E-state index in [1.165, 1.54) is 4.90 Å². The third kappa shape index (κ3) is 2.87. The molecule has 0 aliphatic carbocycles. The lowest BCUT2D eigenvalue weighted by Crippen LogP contribution is -2.47. The Bertz CT molecular complexity index is 1170. The van der Waals surface area contributed by atoms with Crippen LogP contribution in [0.4, 0.5) is 5.69 Å². The van der Waals surface area contributed by atoms with Gasteiger partial charge in [0.25, 0.3) is 0 Å². The van der Waals surface area contributed by atoms with Crippen molar-refractivity contribution in [2.45, 2.75) is 46.7 Å². The molecule has 0 bridgehead atoms. The van der Waals surface area contributed by atoms with Crippen LogP contribution in [0, 0.1) is 31.1 Å². The lowest BCUT2D eigenvalue weighted by atomic mass is 9.79. The Balaban J connectivity index is 1.68. The van der Waals surface area contributed by atoms with Gasteiger partial charge in [0.2, 0.25) is 11.8 Å². The monoisotopic (exact) mass is 428 g/mol. The second-order valence-electron chi connectivity index (χ2n) is 10.3. The van der Waals surface area contributed by atoms with Gasteiger partial charge in [-0.05, 0) is 54.3 Å². The molecule has 0 unspecified atom stereocenters. The molecule has 3 aliphatic heterocycles. The third-order valence-electron chi connectivity index (χ3n) is 6.93.